The molecule has 0 aliphatic rings. The maximum absolute atomic E-state index is 13.1. The summed E-state index contributed by atoms with van der Waals surface area (Å²) < 4.78 is 68.6. The summed E-state index contributed by atoms with van der Waals surface area (Å²) >= 11 is 0. The molecule has 0 aliphatic heterocycles. The van der Waals surface area contributed by atoms with Crippen LogP contribution in [0.5, 0.6) is 0 Å². The van der Waals surface area contributed by atoms with E-state index >= 15 is 0 Å². The van der Waals surface area contributed by atoms with Gasteiger partial charge < -0.3 is 33.8 Å². The van der Waals surface area contributed by atoms with Gasteiger partial charge in [-0.2, -0.15) is 0 Å². The fraction of sp³-hybridized carbons (Fsp3) is 0.949. The van der Waals surface area contributed by atoms with Crippen molar-refractivity contribution in [1.29, 1.82) is 0 Å². The van der Waals surface area contributed by atoms with Gasteiger partial charge in [0.1, 0.15) is 19.3 Å². The number of ether oxygens (including phenoxy) is 4. The van der Waals surface area contributed by atoms with Crippen LogP contribution in [0.3, 0.4) is 0 Å². The normalized spacial score (nSPS) is 13.9. The van der Waals surface area contributed by atoms with Crippen molar-refractivity contribution in [3.05, 3.63) is 0 Å². The van der Waals surface area contributed by atoms with Gasteiger partial charge in [0.05, 0.1) is 26.4 Å². The highest BCUT2D eigenvalue weighted by Crippen LogP contribution is 2.45. The van der Waals surface area contributed by atoms with Crippen molar-refractivity contribution in [2.75, 3.05) is 39.6 Å². The minimum Gasteiger partial charge on any atom is -0.462 e. The van der Waals surface area contributed by atoms with Gasteiger partial charge in [-0.15, -0.1) is 0 Å². The number of phosphoric ester groups is 2. The fourth-order valence-electron chi connectivity index (χ4n) is 12.2. The Hall–Kier alpha value is -1.94. The monoisotopic (exact) mass is 1440 g/mol. The van der Waals surface area contributed by atoms with E-state index in [0.29, 0.717) is 25.7 Å². The summed E-state index contributed by atoms with van der Waals surface area (Å²) in [6, 6.07) is 0. The van der Waals surface area contributed by atoms with Crippen molar-refractivity contribution in [2.24, 2.45) is 5.92 Å². The van der Waals surface area contributed by atoms with E-state index in [2.05, 4.69) is 34.6 Å². The zero-order valence-electron chi connectivity index (χ0n) is 63.9. The lowest BCUT2D eigenvalue weighted by Gasteiger charge is -2.21. The van der Waals surface area contributed by atoms with Gasteiger partial charge in [0.2, 0.25) is 0 Å². The van der Waals surface area contributed by atoms with Crippen LogP contribution in [-0.4, -0.2) is 96.7 Å². The van der Waals surface area contributed by atoms with Crippen molar-refractivity contribution in [2.45, 2.75) is 438 Å². The molecule has 17 nitrogen and oxygen atoms in total. The number of carbonyl (C=O) groups is 4. The summed E-state index contributed by atoms with van der Waals surface area (Å²) in [7, 11) is -9.91. The number of unbranched alkanes of at least 4 members (excludes halogenated alkanes) is 51. The Morgan fingerprint density at radius 3 is 0.694 bits per heavy atom. The van der Waals surface area contributed by atoms with E-state index in [-0.39, 0.29) is 25.7 Å². The second-order valence-electron chi connectivity index (χ2n) is 28.9. The van der Waals surface area contributed by atoms with Gasteiger partial charge >= 0.3 is 39.5 Å². The number of hydrogen-bond acceptors (Lipinski definition) is 15. The molecule has 0 aromatic carbocycles. The molecule has 0 bridgehead atoms. The van der Waals surface area contributed by atoms with Crippen LogP contribution in [0.2, 0.25) is 0 Å². The summed E-state index contributed by atoms with van der Waals surface area (Å²) in [6.07, 6.45) is 62.5. The molecule has 0 fully saturated rings. The highest BCUT2D eigenvalue weighted by atomic mass is 31.2. The Bertz CT molecular complexity index is 1870. The Morgan fingerprint density at radius 2 is 0.469 bits per heavy atom. The lowest BCUT2D eigenvalue weighted by molar-refractivity contribution is -0.161. The van der Waals surface area contributed by atoms with Gasteiger partial charge in [-0.25, -0.2) is 9.13 Å². The Balaban J connectivity index is 5.21. The molecule has 0 aromatic heterocycles. The number of hydrogen-bond donors (Lipinski definition) is 3. The predicted octanol–water partition coefficient (Wildman–Crippen LogP) is 23.6. The van der Waals surface area contributed by atoms with E-state index in [9.17, 15) is 43.2 Å². The van der Waals surface area contributed by atoms with Crippen LogP contribution >= 0.6 is 15.6 Å². The van der Waals surface area contributed by atoms with Gasteiger partial charge in [-0.05, 0) is 31.6 Å². The lowest BCUT2D eigenvalue weighted by Crippen LogP contribution is -2.30. The minimum absolute atomic E-state index is 0.106. The first-order chi connectivity index (χ1) is 47.5. The third-order valence-corrected chi connectivity index (χ3v) is 20.4. The first-order valence-electron chi connectivity index (χ1n) is 41.1. The number of rotatable bonds is 79. The van der Waals surface area contributed by atoms with Crippen LogP contribution in [0.25, 0.3) is 0 Å². The second-order valence-corrected chi connectivity index (χ2v) is 31.8. The molecule has 2 unspecified atom stereocenters. The minimum atomic E-state index is -4.96. The van der Waals surface area contributed by atoms with E-state index < -0.39 is 97.5 Å². The zero-order valence-corrected chi connectivity index (χ0v) is 65.7. The molecule has 0 saturated carbocycles. The maximum atomic E-state index is 13.1. The number of carbonyl (C=O) groups excluding carboxylic acids is 4. The molecule has 0 saturated heterocycles. The van der Waals surface area contributed by atoms with Crippen molar-refractivity contribution in [1.82, 2.24) is 0 Å². The van der Waals surface area contributed by atoms with Crippen LogP contribution < -0.4 is 0 Å². The summed E-state index contributed by atoms with van der Waals surface area (Å²) in [4.78, 5) is 72.9. The molecule has 0 amide bonds. The summed E-state index contributed by atoms with van der Waals surface area (Å²) in [5.74, 6) is -1.37. The van der Waals surface area contributed by atoms with Gasteiger partial charge in [-0.3, -0.25) is 37.3 Å². The Morgan fingerprint density at radius 1 is 0.276 bits per heavy atom. The van der Waals surface area contributed by atoms with Crippen molar-refractivity contribution in [3.8, 4) is 0 Å². The van der Waals surface area contributed by atoms with Gasteiger partial charge in [0.15, 0.2) is 12.2 Å². The molecule has 0 radical (unpaired) electrons. The molecule has 582 valence electrons. The van der Waals surface area contributed by atoms with E-state index in [4.69, 9.17) is 37.0 Å². The molecule has 19 heteroatoms. The van der Waals surface area contributed by atoms with Crippen LogP contribution in [0.4, 0.5) is 0 Å². The first kappa shape index (κ1) is 96.1. The summed E-state index contributed by atoms with van der Waals surface area (Å²) in [6.45, 7) is 7.27. The van der Waals surface area contributed by atoms with E-state index in [1.165, 1.54) is 244 Å². The topological polar surface area (TPSA) is 237 Å². The molecule has 0 heterocycles. The molecule has 0 rings (SSSR count). The number of esters is 4. The van der Waals surface area contributed by atoms with Crippen molar-refractivity contribution in [3.63, 3.8) is 0 Å². The van der Waals surface area contributed by atoms with Crippen LogP contribution in [-0.2, 0) is 65.4 Å². The largest absolute Gasteiger partial charge is 0.472 e. The smallest absolute Gasteiger partial charge is 0.462 e. The molecule has 5 atom stereocenters. The Kier molecular flexibility index (Phi) is 70.6. The molecule has 98 heavy (non-hydrogen) atoms. The van der Waals surface area contributed by atoms with E-state index in [0.717, 1.165) is 95.8 Å². The third kappa shape index (κ3) is 72.4. The quantitative estimate of drug-likeness (QED) is 0.0222. The van der Waals surface area contributed by atoms with Gasteiger partial charge in [0, 0.05) is 25.7 Å². The Labute approximate surface area is 600 Å². The average Bonchev–Trinajstić information content (AvgIpc) is 1.12. The second kappa shape index (κ2) is 72.0. The van der Waals surface area contributed by atoms with Crippen molar-refractivity contribution >= 4 is 39.5 Å². The lowest BCUT2D eigenvalue weighted by atomic mass is 10.0. The summed E-state index contributed by atoms with van der Waals surface area (Å²) in [5.41, 5.74) is 0. The maximum Gasteiger partial charge on any atom is 0.472 e. The van der Waals surface area contributed by atoms with Gasteiger partial charge in [-0.1, -0.05) is 369 Å². The highest BCUT2D eigenvalue weighted by molar-refractivity contribution is 7.47. The molecule has 0 aliphatic carbocycles. The zero-order chi connectivity index (χ0) is 71.9. The van der Waals surface area contributed by atoms with Crippen LogP contribution in [0, 0.1) is 5.92 Å². The van der Waals surface area contributed by atoms with Crippen molar-refractivity contribution < 1.29 is 80.2 Å². The fourth-order valence-corrected chi connectivity index (χ4v) is 13.8. The molecule has 3 N–H and O–H groups in total. The average molecular weight is 1440 g/mol. The van der Waals surface area contributed by atoms with Gasteiger partial charge in [0.25, 0.3) is 0 Å². The number of aliphatic hydroxyl groups excluding tert-OH is 1. The van der Waals surface area contributed by atoms with E-state index in [1.807, 2.05) is 0 Å². The molecule has 0 spiro atoms. The van der Waals surface area contributed by atoms with Crippen LogP contribution in [0.15, 0.2) is 0 Å². The molecular formula is C79H154O17P2. The van der Waals surface area contributed by atoms with E-state index in [1.54, 1.807) is 0 Å². The molecule has 0 aromatic rings. The number of phosphoric acid groups is 2. The molecular weight excluding hydrogens is 1280 g/mol. The standard InChI is InChI=1S/C79H154O17P2/c1-6-9-12-15-18-21-23-25-27-29-31-33-35-37-39-44-49-54-59-64-78(83)95-75(69-90-77(82)63-58-53-48-43-38-36-34-32-30-28-26-24-22-19-16-13-10-7-2)71-94-98(87,88)92-67-73(80)66-91-97(85,86)93-70-74(68-89-76(81)62-57-52-47-41-20-17-14-11-8-3)96-79(84)65-60-55-50-45-40-42-46-51-56-61-72(4)5/h72-75,80H,6-71H2,1-5H3,(H,85,86)(H,87,88)/t73-,74+,75+/m0/s1. The number of aliphatic hydroxyl groups is 1. The first-order valence-corrected chi connectivity index (χ1v) is 44.1. The summed E-state index contributed by atoms with van der Waals surface area (Å²) in [5, 5.41) is 10.6. The predicted molar refractivity (Wildman–Crippen MR) is 400 cm³/mol. The third-order valence-electron chi connectivity index (χ3n) is 18.5. The highest BCUT2D eigenvalue weighted by Gasteiger charge is 2.30. The van der Waals surface area contributed by atoms with Crippen LogP contribution in [0.1, 0.15) is 420 Å². The SMILES string of the molecule is CCCCCCCCCCCCCCCCCCCCCC(=O)O[C@H](COC(=O)CCCCCCCCCCCCCCCCCCCC)COP(=O)(O)OC[C@@H](O)COP(=O)(O)OC[C@@H](COC(=O)CCCCCCCCCCC)OC(=O)CCCCCCCCCCCC(C)C.